The van der Waals surface area contributed by atoms with Gasteiger partial charge < -0.3 is 5.73 Å². The second-order valence-electron chi connectivity index (χ2n) is 4.80. The van der Waals surface area contributed by atoms with Crippen LogP contribution in [0.25, 0.3) is 22.3 Å². The highest BCUT2D eigenvalue weighted by Crippen LogP contribution is 2.29. The minimum absolute atomic E-state index is 0.254. The first-order valence-corrected chi connectivity index (χ1v) is 6.22. The maximum absolute atomic E-state index is 5.99. The molecule has 0 unspecified atom stereocenters. The van der Waals surface area contributed by atoms with Gasteiger partial charge in [-0.3, -0.25) is 5.10 Å². The Morgan fingerprint density at radius 3 is 2.74 bits per heavy atom. The van der Waals surface area contributed by atoms with Crippen molar-refractivity contribution < 1.29 is 0 Å². The Kier molecular flexibility index (Phi) is 2.67. The van der Waals surface area contributed by atoms with Gasteiger partial charge in [-0.2, -0.15) is 5.10 Å². The summed E-state index contributed by atoms with van der Waals surface area (Å²) in [5.41, 5.74) is 8.98. The third-order valence-electron chi connectivity index (χ3n) is 3.05. The lowest BCUT2D eigenvalue weighted by Crippen LogP contribution is -2.02. The average molecular weight is 253 g/mol. The number of aromatic amines is 1. The van der Waals surface area contributed by atoms with Gasteiger partial charge in [-0.05, 0) is 6.07 Å². The van der Waals surface area contributed by atoms with Crippen LogP contribution in [-0.2, 0) is 0 Å². The minimum atomic E-state index is 0.254. The van der Waals surface area contributed by atoms with Crippen LogP contribution < -0.4 is 5.73 Å². The van der Waals surface area contributed by atoms with Crippen molar-refractivity contribution in [3.63, 3.8) is 0 Å². The van der Waals surface area contributed by atoms with Gasteiger partial charge in [0, 0.05) is 11.3 Å². The van der Waals surface area contributed by atoms with Crippen molar-refractivity contribution in [2.75, 3.05) is 5.73 Å². The lowest BCUT2D eigenvalue weighted by atomic mass is 10.1. The zero-order valence-electron chi connectivity index (χ0n) is 10.9. The van der Waals surface area contributed by atoms with Crippen LogP contribution in [0.5, 0.6) is 0 Å². The third-order valence-corrected chi connectivity index (χ3v) is 3.05. The van der Waals surface area contributed by atoms with E-state index >= 15 is 0 Å². The molecule has 1 aromatic carbocycles. The normalized spacial score (nSPS) is 11.3. The number of H-pyrrole nitrogens is 1. The Morgan fingerprint density at radius 2 is 1.95 bits per heavy atom. The van der Waals surface area contributed by atoms with E-state index in [1.807, 2.05) is 24.3 Å². The molecule has 0 aliphatic heterocycles. The smallest absolute Gasteiger partial charge is 0.131 e. The predicted molar refractivity (Wildman–Crippen MR) is 75.6 cm³/mol. The zero-order chi connectivity index (χ0) is 13.4. The van der Waals surface area contributed by atoms with Crippen molar-refractivity contribution in [3.8, 4) is 11.4 Å². The number of nitrogens with one attached hydrogen (secondary N) is 1. The number of nitrogen functional groups attached to an aromatic ring is 1. The number of aromatic nitrogens is 4. The van der Waals surface area contributed by atoms with Crippen LogP contribution in [0.4, 0.5) is 5.69 Å². The second kappa shape index (κ2) is 4.35. The Balaban J connectivity index is 2.23. The fourth-order valence-corrected chi connectivity index (χ4v) is 2.02. The van der Waals surface area contributed by atoms with Gasteiger partial charge in [0.2, 0.25) is 0 Å². The topological polar surface area (TPSA) is 80.5 Å². The van der Waals surface area contributed by atoms with Gasteiger partial charge >= 0.3 is 0 Å². The van der Waals surface area contributed by atoms with Gasteiger partial charge in [-0.1, -0.05) is 32.0 Å². The molecule has 2 aromatic heterocycles. The molecule has 5 heteroatoms. The van der Waals surface area contributed by atoms with E-state index in [1.54, 1.807) is 6.20 Å². The molecule has 19 heavy (non-hydrogen) atoms. The van der Waals surface area contributed by atoms with E-state index in [4.69, 9.17) is 5.73 Å². The molecule has 0 spiro atoms. The Labute approximate surface area is 110 Å². The van der Waals surface area contributed by atoms with E-state index in [-0.39, 0.29) is 5.92 Å². The summed E-state index contributed by atoms with van der Waals surface area (Å²) in [6.07, 6.45) is 1.65. The number of nitrogens with two attached hydrogens (primary N) is 1. The summed E-state index contributed by atoms with van der Waals surface area (Å²) in [5, 5.41) is 8.34. The van der Waals surface area contributed by atoms with Crippen molar-refractivity contribution in [2.45, 2.75) is 19.8 Å². The lowest BCUT2D eigenvalue weighted by molar-refractivity contribution is 0.776. The van der Waals surface area contributed by atoms with Crippen molar-refractivity contribution in [1.82, 2.24) is 20.2 Å². The highest BCUT2D eigenvalue weighted by molar-refractivity contribution is 5.94. The third kappa shape index (κ3) is 1.93. The summed E-state index contributed by atoms with van der Waals surface area (Å²) in [5.74, 6) is 1.03. The number of rotatable bonds is 2. The van der Waals surface area contributed by atoms with E-state index in [9.17, 15) is 0 Å². The number of hydrogen-bond acceptors (Lipinski definition) is 4. The predicted octanol–water partition coefficient (Wildman–Crippen LogP) is 2.73. The number of anilines is 1. The van der Waals surface area contributed by atoms with Crippen molar-refractivity contribution in [2.24, 2.45) is 0 Å². The van der Waals surface area contributed by atoms with Crippen LogP contribution in [0.15, 0.2) is 30.5 Å². The summed E-state index contributed by atoms with van der Waals surface area (Å²) >= 11 is 0. The largest absolute Gasteiger partial charge is 0.396 e. The Hall–Kier alpha value is -2.43. The van der Waals surface area contributed by atoms with E-state index < -0.39 is 0 Å². The molecule has 0 aliphatic rings. The van der Waals surface area contributed by atoms with Gasteiger partial charge in [-0.15, -0.1) is 0 Å². The summed E-state index contributed by atoms with van der Waals surface area (Å²) in [7, 11) is 0. The van der Waals surface area contributed by atoms with E-state index in [0.29, 0.717) is 11.4 Å². The summed E-state index contributed by atoms with van der Waals surface area (Å²) in [4.78, 5) is 8.80. The van der Waals surface area contributed by atoms with Gasteiger partial charge in [0.15, 0.2) is 0 Å². The second-order valence-corrected chi connectivity index (χ2v) is 4.80. The Morgan fingerprint density at radius 1 is 1.16 bits per heavy atom. The SMILES string of the molecule is CC(C)c1ncc(N)c(-c2n[nH]c3ccccc23)n1. The molecule has 3 rings (SSSR count). The molecule has 0 fully saturated rings. The molecule has 0 saturated carbocycles. The molecule has 0 amide bonds. The Bertz CT molecular complexity index is 730. The number of nitrogens with zero attached hydrogens (tertiary/aromatic N) is 3. The first kappa shape index (κ1) is 11.6. The van der Waals surface area contributed by atoms with Crippen molar-refractivity contribution >= 4 is 16.6 Å². The van der Waals surface area contributed by atoms with E-state index in [1.165, 1.54) is 0 Å². The fourth-order valence-electron chi connectivity index (χ4n) is 2.02. The highest BCUT2D eigenvalue weighted by Gasteiger charge is 2.14. The molecule has 0 atom stereocenters. The molecular weight excluding hydrogens is 238 g/mol. The molecule has 3 aromatic rings. The maximum Gasteiger partial charge on any atom is 0.131 e. The van der Waals surface area contributed by atoms with Gasteiger partial charge in [0.1, 0.15) is 17.2 Å². The van der Waals surface area contributed by atoms with Crippen LogP contribution in [0, 0.1) is 0 Å². The van der Waals surface area contributed by atoms with Crippen molar-refractivity contribution in [3.05, 3.63) is 36.3 Å². The molecule has 96 valence electrons. The van der Waals surface area contributed by atoms with Crippen LogP contribution in [0.3, 0.4) is 0 Å². The standard InChI is InChI=1S/C14H15N5/c1-8(2)14-16-7-10(15)13(17-14)12-9-5-3-4-6-11(9)18-19-12/h3-8H,15H2,1-2H3,(H,18,19). The molecule has 0 bridgehead atoms. The molecule has 5 nitrogen and oxygen atoms in total. The van der Waals surface area contributed by atoms with Crippen LogP contribution >= 0.6 is 0 Å². The number of para-hydroxylation sites is 1. The first-order valence-electron chi connectivity index (χ1n) is 6.22. The van der Waals surface area contributed by atoms with Crippen LogP contribution in [0.2, 0.25) is 0 Å². The fraction of sp³-hybridized carbons (Fsp3) is 0.214. The number of benzene rings is 1. The zero-order valence-corrected chi connectivity index (χ0v) is 10.9. The van der Waals surface area contributed by atoms with Gasteiger partial charge in [0.25, 0.3) is 0 Å². The van der Waals surface area contributed by atoms with E-state index in [2.05, 4.69) is 34.0 Å². The first-order chi connectivity index (χ1) is 9.16. The maximum atomic E-state index is 5.99. The number of fused-ring (bicyclic) bond motifs is 1. The number of hydrogen-bond donors (Lipinski definition) is 2. The molecule has 2 heterocycles. The van der Waals surface area contributed by atoms with Crippen LogP contribution in [-0.4, -0.2) is 20.2 Å². The lowest BCUT2D eigenvalue weighted by Gasteiger charge is -2.07. The monoisotopic (exact) mass is 253 g/mol. The molecule has 0 radical (unpaired) electrons. The van der Waals surface area contributed by atoms with Crippen LogP contribution in [0.1, 0.15) is 25.6 Å². The summed E-state index contributed by atoms with van der Waals surface area (Å²) < 4.78 is 0. The molecular formula is C14H15N5. The molecule has 0 aliphatic carbocycles. The molecule has 0 saturated heterocycles. The summed E-state index contributed by atoms with van der Waals surface area (Å²) in [6.45, 7) is 4.11. The van der Waals surface area contributed by atoms with Crippen molar-refractivity contribution in [1.29, 1.82) is 0 Å². The summed E-state index contributed by atoms with van der Waals surface area (Å²) in [6, 6.07) is 7.92. The molecule has 3 N–H and O–H groups in total. The van der Waals surface area contributed by atoms with Gasteiger partial charge in [-0.25, -0.2) is 9.97 Å². The van der Waals surface area contributed by atoms with Gasteiger partial charge in [0.05, 0.1) is 17.4 Å². The minimum Gasteiger partial charge on any atom is -0.396 e. The average Bonchev–Trinajstić information content (AvgIpc) is 2.83. The quantitative estimate of drug-likeness (QED) is 0.735. The van der Waals surface area contributed by atoms with E-state index in [0.717, 1.165) is 22.4 Å². The highest BCUT2D eigenvalue weighted by atomic mass is 15.1.